The Hall–Kier alpha value is -1.10. The van der Waals surface area contributed by atoms with Crippen molar-refractivity contribution in [2.45, 2.75) is 27.2 Å². The molecular weight excluding hydrogens is 506 g/mol. The van der Waals surface area contributed by atoms with E-state index in [9.17, 15) is 12.8 Å². The van der Waals surface area contributed by atoms with E-state index in [4.69, 9.17) is 4.99 Å². The van der Waals surface area contributed by atoms with Crippen LogP contribution in [0.4, 0.5) is 10.1 Å². The normalized spacial score (nSPS) is 15.8. The Morgan fingerprint density at radius 2 is 1.83 bits per heavy atom. The summed E-state index contributed by atoms with van der Waals surface area (Å²) in [6.45, 7) is 10.4. The van der Waals surface area contributed by atoms with Crippen LogP contribution in [0.15, 0.2) is 29.3 Å². The van der Waals surface area contributed by atoms with Crippen LogP contribution in [0.5, 0.6) is 0 Å². The summed E-state index contributed by atoms with van der Waals surface area (Å²) in [7, 11) is -2.97. The minimum absolute atomic E-state index is 0. The van der Waals surface area contributed by atoms with Gasteiger partial charge in [-0.25, -0.2) is 12.8 Å². The van der Waals surface area contributed by atoms with Gasteiger partial charge in [0.05, 0.1) is 11.4 Å². The summed E-state index contributed by atoms with van der Waals surface area (Å²) in [5.74, 6) is 0.820. The summed E-state index contributed by atoms with van der Waals surface area (Å²) in [6, 6.07) is 6.87. The molecule has 0 radical (unpaired) electrons. The zero-order valence-electron chi connectivity index (χ0n) is 17.8. The largest absolute Gasteiger partial charge is 0.366 e. The molecular formula is C20H34FIN4O2S. The molecule has 1 aromatic rings. The Morgan fingerprint density at radius 1 is 1.21 bits per heavy atom. The molecule has 0 saturated carbocycles. The van der Waals surface area contributed by atoms with Crippen LogP contribution in [-0.4, -0.2) is 70.6 Å². The second kappa shape index (κ2) is 11.3. The SMILES string of the molecule is CCNC(=NCC(C)(C)CCS(C)(=O)=O)N1CCN(c2ccccc2F)CC1.I. The first-order valence-corrected chi connectivity index (χ1v) is 11.9. The van der Waals surface area contributed by atoms with Crippen LogP contribution < -0.4 is 10.2 Å². The minimum atomic E-state index is -2.97. The number of piperazine rings is 1. The fraction of sp³-hybridized carbons (Fsp3) is 0.650. The molecule has 0 aliphatic carbocycles. The van der Waals surface area contributed by atoms with Gasteiger partial charge in [0.1, 0.15) is 15.7 Å². The van der Waals surface area contributed by atoms with Crippen LogP contribution in [0.1, 0.15) is 27.2 Å². The molecule has 29 heavy (non-hydrogen) atoms. The molecule has 1 N–H and O–H groups in total. The third-order valence-corrected chi connectivity index (χ3v) is 5.86. The van der Waals surface area contributed by atoms with Crippen molar-refractivity contribution in [2.75, 3.05) is 56.2 Å². The molecule has 0 bridgehead atoms. The van der Waals surface area contributed by atoms with Crippen molar-refractivity contribution in [1.82, 2.24) is 10.2 Å². The van der Waals surface area contributed by atoms with Crippen LogP contribution in [0, 0.1) is 11.2 Å². The van der Waals surface area contributed by atoms with Gasteiger partial charge in [0.15, 0.2) is 5.96 Å². The molecule has 9 heteroatoms. The predicted molar refractivity (Wildman–Crippen MR) is 130 cm³/mol. The molecule has 0 atom stereocenters. The molecule has 1 aliphatic heterocycles. The highest BCUT2D eigenvalue weighted by atomic mass is 127. The second-order valence-corrected chi connectivity index (χ2v) is 10.4. The van der Waals surface area contributed by atoms with Gasteiger partial charge in [-0.1, -0.05) is 26.0 Å². The van der Waals surface area contributed by atoms with E-state index in [2.05, 4.69) is 15.1 Å². The summed E-state index contributed by atoms with van der Waals surface area (Å²) < 4.78 is 36.9. The number of guanidine groups is 1. The van der Waals surface area contributed by atoms with Gasteiger partial charge in [-0.2, -0.15) is 0 Å². The lowest BCUT2D eigenvalue weighted by Crippen LogP contribution is -2.53. The first-order valence-electron chi connectivity index (χ1n) is 9.82. The molecule has 0 spiro atoms. The van der Waals surface area contributed by atoms with E-state index in [0.717, 1.165) is 38.7 Å². The maximum atomic E-state index is 14.0. The summed E-state index contributed by atoms with van der Waals surface area (Å²) in [5, 5.41) is 3.33. The van der Waals surface area contributed by atoms with E-state index in [-0.39, 0.29) is 41.0 Å². The number of hydrogen-bond donors (Lipinski definition) is 1. The van der Waals surface area contributed by atoms with Gasteiger partial charge >= 0.3 is 0 Å². The molecule has 166 valence electrons. The average Bonchev–Trinajstić information content (AvgIpc) is 2.64. The first-order chi connectivity index (χ1) is 13.1. The Kier molecular flexibility index (Phi) is 10.1. The van der Waals surface area contributed by atoms with Crippen molar-refractivity contribution >= 4 is 45.5 Å². The first kappa shape index (κ1) is 25.9. The van der Waals surface area contributed by atoms with E-state index in [1.54, 1.807) is 6.07 Å². The number of nitrogens with one attached hydrogen (secondary N) is 1. The van der Waals surface area contributed by atoms with Gasteiger partial charge in [-0.3, -0.25) is 4.99 Å². The third kappa shape index (κ3) is 8.65. The lowest BCUT2D eigenvalue weighted by atomic mass is 9.90. The predicted octanol–water partition coefficient (Wildman–Crippen LogP) is 2.99. The monoisotopic (exact) mass is 540 g/mol. The van der Waals surface area contributed by atoms with Crippen molar-refractivity contribution in [2.24, 2.45) is 10.4 Å². The maximum Gasteiger partial charge on any atom is 0.194 e. The number of anilines is 1. The lowest BCUT2D eigenvalue weighted by Gasteiger charge is -2.38. The average molecular weight is 540 g/mol. The van der Waals surface area contributed by atoms with Gasteiger partial charge in [-0.15, -0.1) is 24.0 Å². The summed E-state index contributed by atoms with van der Waals surface area (Å²) in [5.41, 5.74) is 0.449. The van der Waals surface area contributed by atoms with Crippen molar-refractivity contribution in [3.05, 3.63) is 30.1 Å². The molecule has 1 saturated heterocycles. The molecule has 1 heterocycles. The number of sulfone groups is 1. The molecule has 1 aromatic carbocycles. The summed E-state index contributed by atoms with van der Waals surface area (Å²) >= 11 is 0. The highest BCUT2D eigenvalue weighted by Gasteiger charge is 2.24. The Bertz CT molecular complexity index is 778. The van der Waals surface area contributed by atoms with Crippen LogP contribution >= 0.6 is 24.0 Å². The molecule has 2 rings (SSSR count). The molecule has 6 nitrogen and oxygen atoms in total. The lowest BCUT2D eigenvalue weighted by molar-refractivity contribution is 0.347. The second-order valence-electron chi connectivity index (χ2n) is 8.14. The molecule has 0 unspecified atom stereocenters. The van der Waals surface area contributed by atoms with Crippen LogP contribution in [0.3, 0.4) is 0 Å². The van der Waals surface area contributed by atoms with Crippen molar-refractivity contribution in [3.8, 4) is 0 Å². The fourth-order valence-corrected chi connectivity index (χ4v) is 4.05. The quantitative estimate of drug-likeness (QED) is 0.328. The van der Waals surface area contributed by atoms with E-state index in [1.807, 2.05) is 32.9 Å². The highest BCUT2D eigenvalue weighted by Crippen LogP contribution is 2.22. The number of hydrogen-bond acceptors (Lipinski definition) is 4. The van der Waals surface area contributed by atoms with E-state index < -0.39 is 9.84 Å². The van der Waals surface area contributed by atoms with Crippen molar-refractivity contribution in [1.29, 1.82) is 0 Å². The number of halogens is 2. The Balaban J connectivity index is 0.00000420. The topological polar surface area (TPSA) is 65.0 Å². The van der Waals surface area contributed by atoms with Crippen LogP contribution in [0.2, 0.25) is 0 Å². The Labute approximate surface area is 191 Å². The van der Waals surface area contributed by atoms with Crippen molar-refractivity contribution < 1.29 is 12.8 Å². The van der Waals surface area contributed by atoms with Gasteiger partial charge in [-0.05, 0) is 30.9 Å². The maximum absolute atomic E-state index is 14.0. The van der Waals surface area contributed by atoms with Crippen molar-refractivity contribution in [3.63, 3.8) is 0 Å². The minimum Gasteiger partial charge on any atom is -0.366 e. The number of rotatable bonds is 7. The molecule has 1 fully saturated rings. The van der Waals surface area contributed by atoms with E-state index in [0.29, 0.717) is 18.7 Å². The van der Waals surface area contributed by atoms with Gasteiger partial charge in [0.25, 0.3) is 0 Å². The zero-order valence-corrected chi connectivity index (χ0v) is 21.0. The summed E-state index contributed by atoms with van der Waals surface area (Å²) in [4.78, 5) is 9.02. The molecule has 1 aliphatic rings. The molecule has 0 amide bonds. The highest BCUT2D eigenvalue weighted by molar-refractivity contribution is 14.0. The van der Waals surface area contributed by atoms with E-state index >= 15 is 0 Å². The zero-order chi connectivity index (χ0) is 20.8. The van der Waals surface area contributed by atoms with Gasteiger partial charge in [0, 0.05) is 45.5 Å². The number of para-hydroxylation sites is 1. The Morgan fingerprint density at radius 3 is 2.38 bits per heavy atom. The standard InChI is InChI=1S/C20H33FN4O2S.HI/c1-5-22-19(23-16-20(2,3)10-15-28(4,26)27)25-13-11-24(12-14-25)18-9-7-6-8-17(18)21;/h6-9H,5,10-16H2,1-4H3,(H,22,23);1H. The number of aliphatic imine (C=N–C) groups is 1. The van der Waals surface area contributed by atoms with Gasteiger partial charge < -0.3 is 15.1 Å². The smallest absolute Gasteiger partial charge is 0.194 e. The van der Waals surface area contributed by atoms with Crippen LogP contribution in [-0.2, 0) is 9.84 Å². The number of nitrogens with zero attached hydrogens (tertiary/aromatic N) is 3. The number of benzene rings is 1. The van der Waals surface area contributed by atoms with E-state index in [1.165, 1.54) is 12.3 Å². The van der Waals surface area contributed by atoms with Gasteiger partial charge in [0.2, 0.25) is 0 Å². The molecule has 0 aromatic heterocycles. The summed E-state index contributed by atoms with van der Waals surface area (Å²) in [6.07, 6.45) is 1.85. The van der Waals surface area contributed by atoms with Crippen LogP contribution in [0.25, 0.3) is 0 Å². The fourth-order valence-electron chi connectivity index (χ4n) is 3.12. The third-order valence-electron chi connectivity index (χ3n) is 4.91.